The Morgan fingerprint density at radius 3 is 2.53 bits per heavy atom. The fourth-order valence-corrected chi connectivity index (χ4v) is 6.62. The number of ether oxygens (including phenoxy) is 2. The van der Waals surface area contributed by atoms with E-state index in [1.54, 1.807) is 18.2 Å². The van der Waals surface area contributed by atoms with Crippen LogP contribution >= 0.6 is 0 Å². The standard InChI is InChI=1S/C29H30F2N6O5S/c1-29(4-5-29)18-41-27-25(16-34-37(28(27)38)22-12-20(30)11-21(31)13-22)35-6-8-36(9-7-35)43(39,40)17-19-2-3-24-26(10-19)42-23(14-32)15-33-24/h2-3,10-13,16,23,33H,4-9,15,17-18H2,1H3. The van der Waals surface area contributed by atoms with Crippen LogP contribution in [-0.2, 0) is 15.8 Å². The molecule has 3 heterocycles. The lowest BCUT2D eigenvalue weighted by molar-refractivity contribution is 0.242. The van der Waals surface area contributed by atoms with E-state index in [-0.39, 0.29) is 48.8 Å². The molecule has 1 aliphatic carbocycles. The molecule has 0 bridgehead atoms. The largest absolute Gasteiger partial charge is 0.486 e. The third-order valence-corrected chi connectivity index (χ3v) is 9.78. The van der Waals surface area contributed by atoms with E-state index in [0.29, 0.717) is 41.9 Å². The van der Waals surface area contributed by atoms with Crippen molar-refractivity contribution >= 4 is 21.4 Å². The van der Waals surface area contributed by atoms with Gasteiger partial charge in [0.1, 0.15) is 29.1 Å². The zero-order valence-electron chi connectivity index (χ0n) is 23.4. The van der Waals surface area contributed by atoms with E-state index >= 15 is 0 Å². The van der Waals surface area contributed by atoms with Gasteiger partial charge in [-0.2, -0.15) is 19.3 Å². The van der Waals surface area contributed by atoms with Crippen LogP contribution in [-0.4, -0.2) is 67.9 Å². The number of piperazine rings is 1. The molecule has 14 heteroatoms. The average Bonchev–Trinajstić information content (AvgIpc) is 3.72. The molecule has 2 aromatic carbocycles. The van der Waals surface area contributed by atoms with E-state index in [9.17, 15) is 22.0 Å². The number of sulfonamides is 1. The summed E-state index contributed by atoms with van der Waals surface area (Å²) in [4.78, 5) is 15.4. The molecule has 1 saturated heterocycles. The molecule has 1 unspecified atom stereocenters. The highest BCUT2D eigenvalue weighted by Gasteiger charge is 2.39. The Bertz CT molecular complexity index is 1740. The van der Waals surface area contributed by atoms with Crippen LogP contribution < -0.4 is 25.2 Å². The minimum absolute atomic E-state index is 0.00226. The molecule has 3 aromatic rings. The second-order valence-electron chi connectivity index (χ2n) is 11.4. The number of nitrogens with one attached hydrogen (secondary N) is 1. The molecule has 3 aliphatic rings. The van der Waals surface area contributed by atoms with Crippen LogP contribution in [0.2, 0.25) is 0 Å². The quantitative estimate of drug-likeness (QED) is 0.408. The Morgan fingerprint density at radius 1 is 1.14 bits per heavy atom. The number of rotatable bonds is 8. The Hall–Kier alpha value is -4.22. The van der Waals surface area contributed by atoms with Crippen LogP contribution in [0.3, 0.4) is 0 Å². The minimum Gasteiger partial charge on any atom is -0.486 e. The van der Waals surface area contributed by atoms with Gasteiger partial charge in [-0.15, -0.1) is 0 Å². The van der Waals surface area contributed by atoms with Gasteiger partial charge in [0.25, 0.3) is 0 Å². The van der Waals surface area contributed by atoms with Gasteiger partial charge in [-0.3, -0.25) is 4.79 Å². The molecule has 11 nitrogen and oxygen atoms in total. The zero-order valence-corrected chi connectivity index (χ0v) is 24.2. The summed E-state index contributed by atoms with van der Waals surface area (Å²) in [6.07, 6.45) is 2.67. The molecule has 2 fully saturated rings. The van der Waals surface area contributed by atoms with E-state index < -0.39 is 33.3 Å². The fraction of sp³-hybridized carbons (Fsp3) is 0.414. The number of hydrogen-bond donors (Lipinski definition) is 1. The second kappa shape index (κ2) is 11.1. The number of anilines is 2. The van der Waals surface area contributed by atoms with Crippen LogP contribution in [0.4, 0.5) is 20.2 Å². The van der Waals surface area contributed by atoms with Crippen LogP contribution in [0, 0.1) is 28.4 Å². The van der Waals surface area contributed by atoms with Gasteiger partial charge >= 0.3 is 5.56 Å². The maximum Gasteiger partial charge on any atom is 0.316 e. The highest BCUT2D eigenvalue weighted by atomic mass is 32.2. The number of nitriles is 1. The zero-order chi connectivity index (χ0) is 30.4. The summed E-state index contributed by atoms with van der Waals surface area (Å²) in [5, 5.41) is 16.4. The molecule has 1 aromatic heterocycles. The lowest BCUT2D eigenvalue weighted by Crippen LogP contribution is -2.49. The molecular weight excluding hydrogens is 582 g/mol. The van der Waals surface area contributed by atoms with Gasteiger partial charge in [-0.05, 0) is 42.7 Å². The lowest BCUT2D eigenvalue weighted by atomic mass is 10.2. The second-order valence-corrected chi connectivity index (χ2v) is 13.4. The molecule has 0 amide bonds. The summed E-state index contributed by atoms with van der Waals surface area (Å²) in [5.74, 6) is -1.49. The van der Waals surface area contributed by atoms with Crippen molar-refractivity contribution in [1.82, 2.24) is 14.1 Å². The van der Waals surface area contributed by atoms with E-state index in [4.69, 9.17) is 14.7 Å². The SMILES string of the molecule is CC1(COc2c(N3CCN(S(=O)(=O)Cc4ccc5c(c4)OC(C#N)CN5)CC3)cnn(-c3cc(F)cc(F)c3)c2=O)CC1. The van der Waals surface area contributed by atoms with E-state index in [0.717, 1.165) is 29.7 Å². The third-order valence-electron chi connectivity index (χ3n) is 7.93. The van der Waals surface area contributed by atoms with Gasteiger partial charge in [-0.1, -0.05) is 13.0 Å². The first-order valence-electron chi connectivity index (χ1n) is 13.9. The molecule has 1 atom stereocenters. The molecule has 43 heavy (non-hydrogen) atoms. The lowest BCUT2D eigenvalue weighted by Gasteiger charge is -2.36. The van der Waals surface area contributed by atoms with Crippen molar-refractivity contribution in [3.63, 3.8) is 0 Å². The summed E-state index contributed by atoms with van der Waals surface area (Å²) in [5.41, 5.74) is 0.845. The normalized spacial score (nSPS) is 19.5. The predicted molar refractivity (Wildman–Crippen MR) is 154 cm³/mol. The molecular formula is C29H30F2N6O5S. The van der Waals surface area contributed by atoms with Gasteiger partial charge in [0, 0.05) is 37.7 Å². The number of benzene rings is 2. The summed E-state index contributed by atoms with van der Waals surface area (Å²) < 4.78 is 68.4. The van der Waals surface area contributed by atoms with Gasteiger partial charge in [0.15, 0.2) is 0 Å². The Kier molecular flexibility index (Phi) is 7.47. The van der Waals surface area contributed by atoms with Crippen molar-refractivity contribution in [3.8, 4) is 23.3 Å². The number of hydrogen-bond acceptors (Lipinski definition) is 9. The molecule has 226 valence electrons. The first-order valence-corrected chi connectivity index (χ1v) is 15.5. The maximum absolute atomic E-state index is 13.9. The molecule has 0 spiro atoms. The molecule has 1 N–H and O–H groups in total. The predicted octanol–water partition coefficient (Wildman–Crippen LogP) is 3.04. The van der Waals surface area contributed by atoms with Crippen molar-refractivity contribution in [2.75, 3.05) is 49.5 Å². The monoisotopic (exact) mass is 612 g/mol. The highest BCUT2D eigenvalue weighted by Crippen LogP contribution is 2.45. The average molecular weight is 613 g/mol. The molecule has 6 rings (SSSR count). The van der Waals surface area contributed by atoms with Crippen LogP contribution in [0.5, 0.6) is 11.5 Å². The van der Waals surface area contributed by atoms with Crippen molar-refractivity contribution in [2.24, 2.45) is 5.41 Å². The number of fused-ring (bicyclic) bond motifs is 1. The molecule has 2 aliphatic heterocycles. The van der Waals surface area contributed by atoms with Gasteiger partial charge in [0.2, 0.25) is 21.9 Å². The van der Waals surface area contributed by atoms with Crippen molar-refractivity contribution in [2.45, 2.75) is 31.6 Å². The smallest absolute Gasteiger partial charge is 0.316 e. The number of halogens is 2. The summed E-state index contributed by atoms with van der Waals surface area (Å²) in [6.45, 7) is 3.56. The fourth-order valence-electron chi connectivity index (χ4n) is 5.12. The van der Waals surface area contributed by atoms with Gasteiger partial charge < -0.3 is 19.7 Å². The van der Waals surface area contributed by atoms with Crippen molar-refractivity contribution in [3.05, 3.63) is 70.1 Å². The first kappa shape index (κ1) is 28.9. The molecule has 0 radical (unpaired) electrons. The molecule has 1 saturated carbocycles. The Balaban J connectivity index is 1.19. The van der Waals surface area contributed by atoms with E-state index in [1.165, 1.54) is 10.5 Å². The van der Waals surface area contributed by atoms with E-state index in [2.05, 4.69) is 10.4 Å². The Labute approximate surface area is 247 Å². The maximum atomic E-state index is 13.9. The minimum atomic E-state index is -3.70. The van der Waals surface area contributed by atoms with Crippen molar-refractivity contribution < 1.29 is 26.7 Å². The van der Waals surface area contributed by atoms with Crippen LogP contribution in [0.25, 0.3) is 5.69 Å². The van der Waals surface area contributed by atoms with Gasteiger partial charge in [0.05, 0.1) is 36.5 Å². The van der Waals surface area contributed by atoms with E-state index in [1.807, 2.05) is 17.9 Å². The Morgan fingerprint density at radius 2 is 1.86 bits per heavy atom. The first-order chi connectivity index (χ1) is 20.5. The van der Waals surface area contributed by atoms with Crippen LogP contribution in [0.15, 0.2) is 47.4 Å². The van der Waals surface area contributed by atoms with Crippen LogP contribution in [0.1, 0.15) is 25.3 Å². The topological polar surface area (TPSA) is 130 Å². The van der Waals surface area contributed by atoms with Crippen molar-refractivity contribution in [1.29, 1.82) is 5.26 Å². The highest BCUT2D eigenvalue weighted by molar-refractivity contribution is 7.88. The number of nitrogens with zero attached hydrogens (tertiary/aromatic N) is 5. The summed E-state index contributed by atoms with van der Waals surface area (Å²) in [6, 6.07) is 9.87. The summed E-state index contributed by atoms with van der Waals surface area (Å²) >= 11 is 0. The summed E-state index contributed by atoms with van der Waals surface area (Å²) in [7, 11) is -3.70. The number of aromatic nitrogens is 2. The van der Waals surface area contributed by atoms with Gasteiger partial charge in [-0.25, -0.2) is 17.2 Å². The third kappa shape index (κ3) is 6.14.